The predicted molar refractivity (Wildman–Crippen MR) is 152 cm³/mol. The molecule has 1 aromatic heterocycles. The zero-order chi connectivity index (χ0) is 26.6. The zero-order valence-corrected chi connectivity index (χ0v) is 23.9. The molecule has 6 nitrogen and oxygen atoms in total. The fourth-order valence-corrected chi connectivity index (χ4v) is 4.54. The number of hydrogen-bond donors (Lipinski definition) is 0. The average molecular weight is 589 g/mol. The molecule has 37 heavy (non-hydrogen) atoms. The van der Waals surface area contributed by atoms with Gasteiger partial charge in [-0.2, -0.15) is 0 Å². The molecule has 0 saturated carbocycles. The first-order valence-corrected chi connectivity index (χ1v) is 13.8. The molecule has 8 heteroatoms. The van der Waals surface area contributed by atoms with Crippen LogP contribution in [0.3, 0.4) is 0 Å². The molecule has 3 aromatic rings. The molecular weight excluding hydrogens is 554 g/mol. The van der Waals surface area contributed by atoms with Crippen molar-refractivity contribution in [3.8, 4) is 0 Å². The molecule has 0 aliphatic rings. The Labute approximate surface area is 233 Å². The Balaban J connectivity index is 1.76. The minimum atomic E-state index is -0.207. The van der Waals surface area contributed by atoms with Gasteiger partial charge < -0.3 is 19.1 Å². The third kappa shape index (κ3) is 9.02. The molecule has 0 aliphatic carbocycles. The van der Waals surface area contributed by atoms with Crippen LogP contribution in [-0.4, -0.2) is 59.5 Å². The normalized spacial score (nSPS) is 10.9. The first-order valence-electron chi connectivity index (χ1n) is 12.6. The van der Waals surface area contributed by atoms with Crippen LogP contribution in [-0.2, 0) is 22.6 Å². The molecule has 0 saturated heterocycles. The van der Waals surface area contributed by atoms with Crippen molar-refractivity contribution in [2.45, 2.75) is 39.3 Å². The van der Waals surface area contributed by atoms with E-state index in [0.717, 1.165) is 29.6 Å². The first kappa shape index (κ1) is 29.0. The zero-order valence-electron chi connectivity index (χ0n) is 21.5. The van der Waals surface area contributed by atoms with Gasteiger partial charge in [0.05, 0.1) is 6.54 Å². The van der Waals surface area contributed by atoms with E-state index >= 15 is 0 Å². The summed E-state index contributed by atoms with van der Waals surface area (Å²) in [7, 11) is 1.63. The summed E-state index contributed by atoms with van der Waals surface area (Å²) >= 11 is 9.61. The molecule has 0 atom stereocenters. The van der Waals surface area contributed by atoms with Gasteiger partial charge in [-0.1, -0.05) is 59.1 Å². The molecule has 2 aromatic carbocycles. The number of ether oxygens (including phenoxy) is 1. The predicted octanol–water partition coefficient (Wildman–Crippen LogP) is 6.26. The van der Waals surface area contributed by atoms with E-state index in [2.05, 4.69) is 45.6 Å². The van der Waals surface area contributed by atoms with Crippen LogP contribution in [0.2, 0.25) is 5.02 Å². The van der Waals surface area contributed by atoms with E-state index in [0.29, 0.717) is 43.2 Å². The standard InChI is InChI=1S/C29H35BrClN3O3/c1-3-4-15-33(21-27-10-6-16-32(27)20-23-11-13-25(30)14-12-23)28(35)22-34(17-7-18-37-2)29(36)24-8-5-9-26(31)19-24/h5-6,8-14,16,19H,3-4,7,15,17-18,20-22H2,1-2H3. The molecular formula is C29H35BrClN3O3. The Morgan fingerprint density at radius 1 is 1.00 bits per heavy atom. The van der Waals surface area contributed by atoms with Gasteiger partial charge in [-0.3, -0.25) is 9.59 Å². The van der Waals surface area contributed by atoms with Gasteiger partial charge in [0.1, 0.15) is 6.54 Å². The number of aromatic nitrogens is 1. The van der Waals surface area contributed by atoms with Crippen LogP contribution in [0.15, 0.2) is 71.3 Å². The summed E-state index contributed by atoms with van der Waals surface area (Å²) in [6.07, 6.45) is 4.55. The molecule has 0 aliphatic heterocycles. The van der Waals surface area contributed by atoms with Crippen molar-refractivity contribution in [1.82, 2.24) is 14.4 Å². The molecule has 0 fully saturated rings. The Morgan fingerprint density at radius 3 is 2.46 bits per heavy atom. The molecule has 2 amide bonds. The lowest BCUT2D eigenvalue weighted by Gasteiger charge is -2.28. The lowest BCUT2D eigenvalue weighted by molar-refractivity contribution is -0.132. The summed E-state index contributed by atoms with van der Waals surface area (Å²) in [4.78, 5) is 30.4. The second-order valence-electron chi connectivity index (χ2n) is 9.01. The van der Waals surface area contributed by atoms with E-state index in [9.17, 15) is 9.59 Å². The molecule has 0 unspecified atom stereocenters. The van der Waals surface area contributed by atoms with E-state index in [1.807, 2.05) is 29.3 Å². The molecule has 3 rings (SSSR count). The van der Waals surface area contributed by atoms with Crippen molar-refractivity contribution >= 4 is 39.3 Å². The summed E-state index contributed by atoms with van der Waals surface area (Å²) in [5, 5.41) is 0.491. The van der Waals surface area contributed by atoms with E-state index < -0.39 is 0 Å². The number of benzene rings is 2. The number of halogens is 2. The van der Waals surface area contributed by atoms with Gasteiger partial charge in [0.15, 0.2) is 0 Å². The van der Waals surface area contributed by atoms with Gasteiger partial charge in [-0.15, -0.1) is 0 Å². The second kappa shape index (κ2) is 15.0. The molecule has 1 heterocycles. The molecule has 0 spiro atoms. The highest BCUT2D eigenvalue weighted by Gasteiger charge is 2.23. The van der Waals surface area contributed by atoms with Crippen LogP contribution in [0.5, 0.6) is 0 Å². The Kier molecular flexibility index (Phi) is 11.7. The number of nitrogens with zero attached hydrogens (tertiary/aromatic N) is 3. The van der Waals surface area contributed by atoms with Crippen LogP contribution in [0.1, 0.15) is 47.8 Å². The number of rotatable bonds is 14. The molecule has 0 radical (unpaired) electrons. The SMILES string of the molecule is CCCCN(Cc1cccn1Cc1ccc(Br)cc1)C(=O)CN(CCCOC)C(=O)c1cccc(Cl)c1. The van der Waals surface area contributed by atoms with Crippen molar-refractivity contribution in [2.75, 3.05) is 33.4 Å². The minimum absolute atomic E-state index is 0.00615. The first-order chi connectivity index (χ1) is 17.9. The van der Waals surface area contributed by atoms with Gasteiger partial charge in [0, 0.05) is 60.3 Å². The van der Waals surface area contributed by atoms with Crippen molar-refractivity contribution in [3.05, 3.63) is 93.2 Å². The van der Waals surface area contributed by atoms with Crippen LogP contribution in [0.4, 0.5) is 0 Å². The van der Waals surface area contributed by atoms with Crippen molar-refractivity contribution < 1.29 is 14.3 Å². The average Bonchev–Trinajstić information content (AvgIpc) is 3.33. The van der Waals surface area contributed by atoms with Gasteiger partial charge in [0.25, 0.3) is 5.91 Å². The largest absolute Gasteiger partial charge is 0.385 e. The number of amides is 2. The maximum atomic E-state index is 13.6. The summed E-state index contributed by atoms with van der Waals surface area (Å²) in [6.45, 7) is 4.89. The van der Waals surface area contributed by atoms with Crippen LogP contribution in [0.25, 0.3) is 0 Å². The number of methoxy groups -OCH3 is 1. The van der Waals surface area contributed by atoms with Crippen molar-refractivity contribution in [3.63, 3.8) is 0 Å². The highest BCUT2D eigenvalue weighted by Crippen LogP contribution is 2.16. The lowest BCUT2D eigenvalue weighted by Crippen LogP contribution is -2.43. The summed E-state index contributed by atoms with van der Waals surface area (Å²) in [5.41, 5.74) is 2.71. The fourth-order valence-electron chi connectivity index (χ4n) is 4.09. The molecule has 198 valence electrons. The lowest BCUT2D eigenvalue weighted by atomic mass is 10.2. The maximum absolute atomic E-state index is 13.6. The van der Waals surface area contributed by atoms with Gasteiger partial charge in [0.2, 0.25) is 5.91 Å². The molecule has 0 N–H and O–H groups in total. The summed E-state index contributed by atoms with van der Waals surface area (Å²) in [5.74, 6) is -0.279. The fraction of sp³-hybridized carbons (Fsp3) is 0.379. The topological polar surface area (TPSA) is 54.8 Å². The van der Waals surface area contributed by atoms with E-state index in [1.165, 1.54) is 5.56 Å². The number of carbonyl (C=O) groups excluding carboxylic acids is 2. The van der Waals surface area contributed by atoms with Crippen LogP contribution in [0, 0.1) is 0 Å². The minimum Gasteiger partial charge on any atom is -0.385 e. The third-order valence-electron chi connectivity index (χ3n) is 6.14. The summed E-state index contributed by atoms with van der Waals surface area (Å²) < 4.78 is 8.39. The van der Waals surface area contributed by atoms with Crippen molar-refractivity contribution in [2.24, 2.45) is 0 Å². The third-order valence-corrected chi connectivity index (χ3v) is 6.90. The van der Waals surface area contributed by atoms with E-state index in [-0.39, 0.29) is 18.4 Å². The maximum Gasteiger partial charge on any atom is 0.254 e. The number of carbonyl (C=O) groups is 2. The highest BCUT2D eigenvalue weighted by atomic mass is 79.9. The second-order valence-corrected chi connectivity index (χ2v) is 10.4. The van der Waals surface area contributed by atoms with Crippen LogP contribution >= 0.6 is 27.5 Å². The Hall–Kier alpha value is -2.61. The van der Waals surface area contributed by atoms with Gasteiger partial charge >= 0.3 is 0 Å². The molecule has 0 bridgehead atoms. The van der Waals surface area contributed by atoms with Gasteiger partial charge in [-0.25, -0.2) is 0 Å². The summed E-state index contributed by atoms with van der Waals surface area (Å²) in [6, 6.07) is 19.2. The Bertz CT molecular complexity index is 1150. The smallest absolute Gasteiger partial charge is 0.254 e. The van der Waals surface area contributed by atoms with Crippen molar-refractivity contribution in [1.29, 1.82) is 0 Å². The van der Waals surface area contributed by atoms with E-state index in [4.69, 9.17) is 16.3 Å². The monoisotopic (exact) mass is 587 g/mol. The van der Waals surface area contributed by atoms with Gasteiger partial charge in [-0.05, 0) is 60.9 Å². The van der Waals surface area contributed by atoms with E-state index in [1.54, 1.807) is 36.3 Å². The quantitative estimate of drug-likeness (QED) is 0.209. The number of hydrogen-bond acceptors (Lipinski definition) is 3. The highest BCUT2D eigenvalue weighted by molar-refractivity contribution is 9.10. The van der Waals surface area contributed by atoms with Crippen LogP contribution < -0.4 is 0 Å². The number of unbranched alkanes of at least 4 members (excludes halogenated alkanes) is 1. The Morgan fingerprint density at radius 2 is 1.76 bits per heavy atom.